The molecule has 16 heavy (non-hydrogen) atoms. The summed E-state index contributed by atoms with van der Waals surface area (Å²) in [5, 5.41) is 7.46. The molecule has 86 valence electrons. The summed E-state index contributed by atoms with van der Waals surface area (Å²) in [5.74, 6) is 0.795. The van der Waals surface area contributed by atoms with Gasteiger partial charge >= 0.3 is 0 Å². The Bertz CT molecular complexity index is 472. The minimum Gasteiger partial charge on any atom is -0.442 e. The van der Waals surface area contributed by atoms with E-state index in [-0.39, 0.29) is 0 Å². The average molecular weight is 220 g/mol. The van der Waals surface area contributed by atoms with Gasteiger partial charge in [-0.1, -0.05) is 6.92 Å². The second-order valence-electron chi connectivity index (χ2n) is 3.66. The van der Waals surface area contributed by atoms with Crippen LogP contribution < -0.4 is 5.32 Å². The molecule has 0 aromatic carbocycles. The van der Waals surface area contributed by atoms with Gasteiger partial charge in [0.2, 0.25) is 0 Å². The van der Waals surface area contributed by atoms with Crippen molar-refractivity contribution in [2.24, 2.45) is 7.05 Å². The van der Waals surface area contributed by atoms with E-state index >= 15 is 0 Å². The van der Waals surface area contributed by atoms with E-state index in [4.69, 9.17) is 4.42 Å². The van der Waals surface area contributed by atoms with Crippen LogP contribution in [0, 0.1) is 0 Å². The van der Waals surface area contributed by atoms with Crippen LogP contribution in [0.1, 0.15) is 18.3 Å². The lowest BCUT2D eigenvalue weighted by Crippen LogP contribution is -2.07. The summed E-state index contributed by atoms with van der Waals surface area (Å²) in [6, 6.07) is 2.04. The van der Waals surface area contributed by atoms with E-state index in [0.717, 1.165) is 29.3 Å². The minimum atomic E-state index is 0.693. The molecule has 2 heterocycles. The summed E-state index contributed by atoms with van der Waals surface area (Å²) in [7, 11) is 3.80. The standard InChI is InChI=1S/C11H16N4O/c1-4-8-5-10(15(3)14-8)11-9(6-12-2)13-7-16-11/h5,7,12H,4,6H2,1-3H3. The summed E-state index contributed by atoms with van der Waals surface area (Å²) in [5.41, 5.74) is 2.94. The highest BCUT2D eigenvalue weighted by atomic mass is 16.3. The first-order valence-corrected chi connectivity index (χ1v) is 5.36. The molecule has 0 saturated carbocycles. The molecule has 0 aliphatic heterocycles. The summed E-state index contributed by atoms with van der Waals surface area (Å²) in [6.45, 7) is 2.78. The molecule has 1 N–H and O–H groups in total. The van der Waals surface area contributed by atoms with Gasteiger partial charge in [0.25, 0.3) is 0 Å². The Hall–Kier alpha value is -1.62. The van der Waals surface area contributed by atoms with Crippen molar-refractivity contribution in [3.05, 3.63) is 23.8 Å². The molecule has 0 amide bonds. The smallest absolute Gasteiger partial charge is 0.181 e. The van der Waals surface area contributed by atoms with Crippen LogP contribution in [0.3, 0.4) is 0 Å². The van der Waals surface area contributed by atoms with Crippen LogP contribution in [0.4, 0.5) is 0 Å². The van der Waals surface area contributed by atoms with E-state index in [1.54, 1.807) is 0 Å². The van der Waals surface area contributed by atoms with E-state index in [0.29, 0.717) is 6.54 Å². The predicted octanol–water partition coefficient (Wildman–Crippen LogP) is 1.36. The van der Waals surface area contributed by atoms with Gasteiger partial charge in [-0.3, -0.25) is 4.68 Å². The first kappa shape index (κ1) is 10.9. The van der Waals surface area contributed by atoms with E-state index in [9.17, 15) is 0 Å². The molecule has 5 nitrogen and oxygen atoms in total. The SMILES string of the molecule is CCc1cc(-c2ocnc2CNC)n(C)n1. The summed E-state index contributed by atoms with van der Waals surface area (Å²) < 4.78 is 7.26. The van der Waals surface area contributed by atoms with Crippen molar-refractivity contribution in [2.45, 2.75) is 19.9 Å². The maximum absolute atomic E-state index is 5.43. The highest BCUT2D eigenvalue weighted by Gasteiger charge is 2.14. The van der Waals surface area contributed by atoms with E-state index in [2.05, 4.69) is 22.3 Å². The number of nitrogens with zero attached hydrogens (tertiary/aromatic N) is 3. The molecule has 2 aromatic heterocycles. The Balaban J connectivity index is 2.41. The topological polar surface area (TPSA) is 55.9 Å². The molecular weight excluding hydrogens is 204 g/mol. The molecule has 2 aromatic rings. The molecule has 0 aliphatic rings. The fourth-order valence-electron chi connectivity index (χ4n) is 1.68. The van der Waals surface area contributed by atoms with Crippen molar-refractivity contribution in [3.63, 3.8) is 0 Å². The van der Waals surface area contributed by atoms with E-state index < -0.39 is 0 Å². The monoisotopic (exact) mass is 220 g/mol. The molecule has 0 bridgehead atoms. The molecule has 2 rings (SSSR count). The number of aromatic nitrogens is 3. The fourth-order valence-corrected chi connectivity index (χ4v) is 1.68. The van der Waals surface area contributed by atoms with Gasteiger partial charge in [-0.15, -0.1) is 0 Å². The van der Waals surface area contributed by atoms with Crippen LogP contribution >= 0.6 is 0 Å². The lowest BCUT2D eigenvalue weighted by molar-refractivity contribution is 0.562. The van der Waals surface area contributed by atoms with Gasteiger partial charge in [0.1, 0.15) is 11.4 Å². The molecule has 0 saturated heterocycles. The zero-order valence-electron chi connectivity index (χ0n) is 9.82. The second-order valence-corrected chi connectivity index (χ2v) is 3.66. The van der Waals surface area contributed by atoms with Gasteiger partial charge in [0.15, 0.2) is 12.2 Å². The van der Waals surface area contributed by atoms with E-state index in [1.165, 1.54) is 6.39 Å². The third-order valence-corrected chi connectivity index (χ3v) is 2.51. The van der Waals surface area contributed by atoms with Crippen LogP contribution in [0.2, 0.25) is 0 Å². The first-order chi connectivity index (χ1) is 7.76. The summed E-state index contributed by atoms with van der Waals surface area (Å²) in [4.78, 5) is 4.19. The fraction of sp³-hybridized carbons (Fsp3) is 0.455. The molecule has 5 heteroatoms. The number of rotatable bonds is 4. The summed E-state index contributed by atoms with van der Waals surface area (Å²) >= 11 is 0. The Morgan fingerprint density at radius 3 is 2.94 bits per heavy atom. The molecular formula is C11H16N4O. The molecule has 0 spiro atoms. The Morgan fingerprint density at radius 2 is 2.31 bits per heavy atom. The van der Waals surface area contributed by atoms with Crippen LogP contribution in [-0.2, 0) is 20.0 Å². The van der Waals surface area contributed by atoms with Crippen molar-refractivity contribution in [2.75, 3.05) is 7.05 Å². The Labute approximate surface area is 94.5 Å². The average Bonchev–Trinajstić information content (AvgIpc) is 2.85. The number of aryl methyl sites for hydroxylation is 2. The lowest BCUT2D eigenvalue weighted by atomic mass is 10.2. The maximum atomic E-state index is 5.43. The Kier molecular flexibility index (Phi) is 3.05. The van der Waals surface area contributed by atoms with Crippen molar-refractivity contribution < 1.29 is 4.42 Å². The molecule has 0 radical (unpaired) electrons. The largest absolute Gasteiger partial charge is 0.442 e. The van der Waals surface area contributed by atoms with Gasteiger partial charge in [0, 0.05) is 13.6 Å². The zero-order chi connectivity index (χ0) is 11.5. The molecule has 0 aliphatic carbocycles. The van der Waals surface area contributed by atoms with Crippen molar-refractivity contribution in [1.29, 1.82) is 0 Å². The van der Waals surface area contributed by atoms with Crippen LogP contribution in [-0.4, -0.2) is 21.8 Å². The first-order valence-electron chi connectivity index (χ1n) is 5.36. The van der Waals surface area contributed by atoms with Crippen molar-refractivity contribution in [3.8, 4) is 11.5 Å². The number of hydrogen-bond acceptors (Lipinski definition) is 4. The third-order valence-electron chi connectivity index (χ3n) is 2.51. The highest BCUT2D eigenvalue weighted by Crippen LogP contribution is 2.23. The van der Waals surface area contributed by atoms with Crippen molar-refractivity contribution in [1.82, 2.24) is 20.1 Å². The van der Waals surface area contributed by atoms with Gasteiger partial charge in [-0.25, -0.2) is 4.98 Å². The lowest BCUT2D eigenvalue weighted by Gasteiger charge is -2.00. The number of nitrogens with one attached hydrogen (secondary N) is 1. The predicted molar refractivity (Wildman–Crippen MR) is 60.8 cm³/mol. The summed E-state index contributed by atoms with van der Waals surface area (Å²) in [6.07, 6.45) is 2.39. The van der Waals surface area contributed by atoms with Gasteiger partial charge in [-0.05, 0) is 19.5 Å². The molecule has 0 unspecified atom stereocenters. The second kappa shape index (κ2) is 4.49. The minimum absolute atomic E-state index is 0.693. The number of hydrogen-bond donors (Lipinski definition) is 1. The van der Waals surface area contributed by atoms with Gasteiger partial charge < -0.3 is 9.73 Å². The van der Waals surface area contributed by atoms with Crippen LogP contribution in [0.5, 0.6) is 0 Å². The zero-order valence-corrected chi connectivity index (χ0v) is 9.82. The number of oxazole rings is 1. The molecule has 0 atom stereocenters. The van der Waals surface area contributed by atoms with E-state index in [1.807, 2.05) is 24.8 Å². The Morgan fingerprint density at radius 1 is 1.50 bits per heavy atom. The quantitative estimate of drug-likeness (QED) is 0.845. The normalized spacial score (nSPS) is 10.9. The maximum Gasteiger partial charge on any atom is 0.181 e. The van der Waals surface area contributed by atoms with Gasteiger partial charge in [0.05, 0.1) is 5.69 Å². The van der Waals surface area contributed by atoms with Gasteiger partial charge in [-0.2, -0.15) is 5.10 Å². The third kappa shape index (κ3) is 1.86. The molecule has 0 fully saturated rings. The highest BCUT2D eigenvalue weighted by molar-refractivity contribution is 5.55. The van der Waals surface area contributed by atoms with Crippen LogP contribution in [0.25, 0.3) is 11.5 Å². The van der Waals surface area contributed by atoms with Crippen LogP contribution in [0.15, 0.2) is 16.9 Å². The van der Waals surface area contributed by atoms with Crippen molar-refractivity contribution >= 4 is 0 Å².